The number of nitrogens with zero attached hydrogens (tertiary/aromatic N) is 2. The first-order valence-corrected chi connectivity index (χ1v) is 7.11. The number of hydrogen-bond acceptors (Lipinski definition) is 4. The Balaban J connectivity index is 1.98. The third kappa shape index (κ3) is 4.56. The van der Waals surface area contributed by atoms with Crippen molar-refractivity contribution in [3.05, 3.63) is 35.2 Å². The number of halogens is 1. The molecule has 0 saturated carbocycles. The van der Waals surface area contributed by atoms with E-state index in [0.29, 0.717) is 35.2 Å². The Morgan fingerprint density at radius 2 is 2.00 bits per heavy atom. The zero-order chi connectivity index (χ0) is 15.5. The van der Waals surface area contributed by atoms with Gasteiger partial charge in [0, 0.05) is 18.4 Å². The Bertz CT molecular complexity index is 632. The van der Waals surface area contributed by atoms with Crippen LogP contribution in [-0.4, -0.2) is 21.6 Å². The number of benzene rings is 1. The van der Waals surface area contributed by atoms with Gasteiger partial charge >= 0.3 is 0 Å². The van der Waals surface area contributed by atoms with Crippen LogP contribution in [0.4, 0.5) is 0 Å². The summed E-state index contributed by atoms with van der Waals surface area (Å²) in [6.45, 7) is 5.81. The molecule has 0 spiro atoms. The number of rotatable bonds is 4. The van der Waals surface area contributed by atoms with Gasteiger partial charge in [0.2, 0.25) is 17.7 Å². The third-order valence-corrected chi connectivity index (χ3v) is 2.98. The van der Waals surface area contributed by atoms with Crippen LogP contribution in [-0.2, 0) is 11.2 Å². The topological polar surface area (TPSA) is 68.0 Å². The second-order valence-electron chi connectivity index (χ2n) is 5.78. The molecule has 2 aromatic rings. The summed E-state index contributed by atoms with van der Waals surface area (Å²) in [5.41, 5.74) is 0.450. The van der Waals surface area contributed by atoms with Crippen LogP contribution in [0.2, 0.25) is 5.02 Å². The molecule has 5 nitrogen and oxygen atoms in total. The van der Waals surface area contributed by atoms with Crippen molar-refractivity contribution in [3.63, 3.8) is 0 Å². The van der Waals surface area contributed by atoms with Crippen LogP contribution in [0.1, 0.15) is 33.1 Å². The predicted molar refractivity (Wildman–Crippen MR) is 81.0 cm³/mol. The maximum atomic E-state index is 11.7. The van der Waals surface area contributed by atoms with Gasteiger partial charge in [0.05, 0.1) is 10.6 Å². The van der Waals surface area contributed by atoms with Gasteiger partial charge in [-0.3, -0.25) is 4.79 Å². The van der Waals surface area contributed by atoms with Gasteiger partial charge in [0.1, 0.15) is 0 Å². The summed E-state index contributed by atoms with van der Waals surface area (Å²) in [5.74, 6) is 0.751. The first kappa shape index (κ1) is 15.5. The van der Waals surface area contributed by atoms with Crippen LogP contribution in [0.3, 0.4) is 0 Å². The van der Waals surface area contributed by atoms with Crippen LogP contribution in [0.15, 0.2) is 28.7 Å². The zero-order valence-electron chi connectivity index (χ0n) is 12.3. The number of carbonyl (C=O) groups is 1. The molecule has 112 valence electrons. The molecule has 6 heteroatoms. The third-order valence-electron chi connectivity index (χ3n) is 2.65. The van der Waals surface area contributed by atoms with Crippen molar-refractivity contribution >= 4 is 17.5 Å². The average molecular weight is 308 g/mol. The Morgan fingerprint density at radius 3 is 2.67 bits per heavy atom. The van der Waals surface area contributed by atoms with Gasteiger partial charge in [0.25, 0.3) is 0 Å². The second kappa shape index (κ2) is 6.26. The Labute approximate surface area is 128 Å². The number of aromatic nitrogens is 2. The largest absolute Gasteiger partial charge is 0.421 e. The highest BCUT2D eigenvalue weighted by atomic mass is 35.5. The minimum atomic E-state index is -0.241. The summed E-state index contributed by atoms with van der Waals surface area (Å²) < 4.78 is 5.54. The molecule has 0 fully saturated rings. The van der Waals surface area contributed by atoms with E-state index < -0.39 is 0 Å². The van der Waals surface area contributed by atoms with Crippen molar-refractivity contribution in [1.82, 2.24) is 15.5 Å². The summed E-state index contributed by atoms with van der Waals surface area (Å²) >= 11 is 6.08. The number of hydrogen-bond donors (Lipinski definition) is 1. The first-order valence-electron chi connectivity index (χ1n) is 6.73. The average Bonchev–Trinajstić information content (AvgIpc) is 2.83. The fourth-order valence-electron chi connectivity index (χ4n) is 1.80. The lowest BCUT2D eigenvalue weighted by molar-refractivity contribution is -0.122. The molecule has 0 bridgehead atoms. The van der Waals surface area contributed by atoms with E-state index in [1.807, 2.05) is 39.0 Å². The molecular formula is C15H18ClN3O2. The first-order chi connectivity index (χ1) is 9.85. The molecule has 21 heavy (non-hydrogen) atoms. The molecule has 1 N–H and O–H groups in total. The molecule has 1 heterocycles. The van der Waals surface area contributed by atoms with E-state index in [2.05, 4.69) is 15.5 Å². The molecule has 0 unspecified atom stereocenters. The lowest BCUT2D eigenvalue weighted by Gasteiger charge is -2.20. The SMILES string of the molecule is CC(C)(C)NC(=O)CCc1nnc(-c2ccccc2Cl)o1. The molecule has 1 aromatic carbocycles. The lowest BCUT2D eigenvalue weighted by atomic mass is 10.1. The molecule has 0 radical (unpaired) electrons. The standard InChI is InChI=1S/C15H18ClN3O2/c1-15(2,3)17-12(20)8-9-13-18-19-14(21-13)10-6-4-5-7-11(10)16/h4-7H,8-9H2,1-3H3,(H,17,20). The molecule has 0 aliphatic carbocycles. The molecule has 1 aromatic heterocycles. The lowest BCUT2D eigenvalue weighted by Crippen LogP contribution is -2.40. The van der Waals surface area contributed by atoms with Gasteiger partial charge in [0.15, 0.2) is 0 Å². The van der Waals surface area contributed by atoms with Gasteiger partial charge in [-0.25, -0.2) is 0 Å². The molecule has 0 saturated heterocycles. The molecule has 0 atom stereocenters. The Hall–Kier alpha value is -1.88. The Kier molecular flexibility index (Phi) is 4.63. The van der Waals surface area contributed by atoms with Crippen molar-refractivity contribution in [1.29, 1.82) is 0 Å². The molecule has 0 aliphatic rings. The van der Waals surface area contributed by atoms with E-state index in [0.717, 1.165) is 0 Å². The summed E-state index contributed by atoms with van der Waals surface area (Å²) in [6, 6.07) is 7.26. The summed E-state index contributed by atoms with van der Waals surface area (Å²) in [7, 11) is 0. The Morgan fingerprint density at radius 1 is 1.29 bits per heavy atom. The maximum Gasteiger partial charge on any atom is 0.249 e. The molecule has 0 aliphatic heterocycles. The minimum absolute atomic E-state index is 0.0417. The number of carbonyl (C=O) groups excluding carboxylic acids is 1. The van der Waals surface area contributed by atoms with Crippen molar-refractivity contribution in [2.75, 3.05) is 0 Å². The van der Waals surface area contributed by atoms with E-state index >= 15 is 0 Å². The quantitative estimate of drug-likeness (QED) is 0.941. The molecule has 1 amide bonds. The van der Waals surface area contributed by atoms with E-state index in [4.69, 9.17) is 16.0 Å². The van der Waals surface area contributed by atoms with Crippen molar-refractivity contribution in [2.45, 2.75) is 39.2 Å². The van der Waals surface area contributed by atoms with Gasteiger partial charge < -0.3 is 9.73 Å². The maximum absolute atomic E-state index is 11.7. The second-order valence-corrected chi connectivity index (χ2v) is 6.19. The zero-order valence-corrected chi connectivity index (χ0v) is 13.1. The minimum Gasteiger partial charge on any atom is -0.421 e. The summed E-state index contributed by atoms with van der Waals surface area (Å²) in [5, 5.41) is 11.4. The highest BCUT2D eigenvalue weighted by molar-refractivity contribution is 6.33. The molecule has 2 rings (SSSR count). The van der Waals surface area contributed by atoms with Gasteiger partial charge in [-0.1, -0.05) is 23.7 Å². The van der Waals surface area contributed by atoms with Crippen LogP contribution < -0.4 is 5.32 Å². The van der Waals surface area contributed by atoms with E-state index in [1.54, 1.807) is 6.07 Å². The monoisotopic (exact) mass is 307 g/mol. The highest BCUT2D eigenvalue weighted by Crippen LogP contribution is 2.26. The van der Waals surface area contributed by atoms with Crippen molar-refractivity contribution in [2.24, 2.45) is 0 Å². The van der Waals surface area contributed by atoms with Crippen molar-refractivity contribution in [3.8, 4) is 11.5 Å². The van der Waals surface area contributed by atoms with Crippen LogP contribution in [0.25, 0.3) is 11.5 Å². The van der Waals surface area contributed by atoms with E-state index in [9.17, 15) is 4.79 Å². The fourth-order valence-corrected chi connectivity index (χ4v) is 2.02. The summed E-state index contributed by atoms with van der Waals surface area (Å²) in [6.07, 6.45) is 0.709. The van der Waals surface area contributed by atoms with E-state index in [-0.39, 0.29) is 11.4 Å². The van der Waals surface area contributed by atoms with Crippen molar-refractivity contribution < 1.29 is 9.21 Å². The van der Waals surface area contributed by atoms with Gasteiger partial charge in [-0.15, -0.1) is 10.2 Å². The highest BCUT2D eigenvalue weighted by Gasteiger charge is 2.16. The van der Waals surface area contributed by atoms with Crippen LogP contribution >= 0.6 is 11.6 Å². The van der Waals surface area contributed by atoms with Crippen LogP contribution in [0, 0.1) is 0 Å². The molecular weight excluding hydrogens is 290 g/mol. The fraction of sp³-hybridized carbons (Fsp3) is 0.400. The van der Waals surface area contributed by atoms with Gasteiger partial charge in [-0.05, 0) is 32.9 Å². The van der Waals surface area contributed by atoms with E-state index in [1.165, 1.54) is 0 Å². The smallest absolute Gasteiger partial charge is 0.249 e. The number of amides is 1. The van der Waals surface area contributed by atoms with Crippen LogP contribution in [0.5, 0.6) is 0 Å². The normalized spacial score (nSPS) is 11.4. The van der Waals surface area contributed by atoms with Gasteiger partial charge in [-0.2, -0.15) is 0 Å². The number of nitrogens with one attached hydrogen (secondary N) is 1. The number of aryl methyl sites for hydroxylation is 1. The predicted octanol–water partition coefficient (Wildman–Crippen LogP) is 3.24. The summed E-state index contributed by atoms with van der Waals surface area (Å²) in [4.78, 5) is 11.7.